The monoisotopic (exact) mass is 260 g/mol. The Kier molecular flexibility index (Phi) is 2.68. The lowest BCUT2D eigenvalue weighted by Gasteiger charge is -2.26. The number of ether oxygens (including phenoxy) is 1. The Morgan fingerprint density at radius 1 is 1.42 bits per heavy atom. The number of amides is 1. The van der Waals surface area contributed by atoms with E-state index in [0.717, 1.165) is 5.56 Å². The molecule has 0 radical (unpaired) electrons. The summed E-state index contributed by atoms with van der Waals surface area (Å²) in [4.78, 5) is 13.1. The summed E-state index contributed by atoms with van der Waals surface area (Å²) < 4.78 is 10.7. The van der Waals surface area contributed by atoms with E-state index in [1.165, 1.54) is 0 Å². The van der Waals surface area contributed by atoms with E-state index in [0.29, 0.717) is 23.2 Å². The summed E-state index contributed by atoms with van der Waals surface area (Å²) in [5.74, 6) is 1.30. The highest BCUT2D eigenvalue weighted by Crippen LogP contribution is 2.34. The fourth-order valence-corrected chi connectivity index (χ4v) is 1.86. The number of nitrogens with two attached hydrogens (primary N) is 1. The molecule has 98 valence electrons. The van der Waals surface area contributed by atoms with Gasteiger partial charge in [-0.25, -0.2) is 0 Å². The second-order valence-corrected chi connectivity index (χ2v) is 4.13. The predicted molar refractivity (Wildman–Crippen MR) is 66.5 cm³/mol. The summed E-state index contributed by atoms with van der Waals surface area (Å²) in [5, 5.41) is 7.71. The SMILES string of the molecule is CN1C(=O)COc2ccc(-c3nnc(CN)o3)cc21. The Hall–Kier alpha value is -2.41. The number of fused-ring (bicyclic) bond motifs is 1. The van der Waals surface area contributed by atoms with Crippen LogP contribution in [0.25, 0.3) is 11.5 Å². The third-order valence-corrected chi connectivity index (χ3v) is 2.93. The van der Waals surface area contributed by atoms with Gasteiger partial charge in [-0.3, -0.25) is 4.79 Å². The van der Waals surface area contributed by atoms with E-state index in [1.54, 1.807) is 30.1 Å². The van der Waals surface area contributed by atoms with Crippen LogP contribution < -0.4 is 15.4 Å². The number of hydrogen-bond acceptors (Lipinski definition) is 6. The van der Waals surface area contributed by atoms with Gasteiger partial charge in [0, 0.05) is 12.6 Å². The molecule has 7 nitrogen and oxygen atoms in total. The van der Waals surface area contributed by atoms with Crippen molar-refractivity contribution in [2.75, 3.05) is 18.6 Å². The molecule has 2 N–H and O–H groups in total. The third-order valence-electron chi connectivity index (χ3n) is 2.93. The molecule has 2 heterocycles. The van der Waals surface area contributed by atoms with Gasteiger partial charge in [0.15, 0.2) is 6.61 Å². The molecule has 3 rings (SSSR count). The van der Waals surface area contributed by atoms with Gasteiger partial charge in [-0.05, 0) is 18.2 Å². The number of likely N-dealkylation sites (N-methyl/N-ethyl adjacent to an activating group) is 1. The summed E-state index contributed by atoms with van der Waals surface area (Å²) in [7, 11) is 1.70. The van der Waals surface area contributed by atoms with Crippen LogP contribution in [-0.2, 0) is 11.3 Å². The molecule has 0 saturated carbocycles. The Morgan fingerprint density at radius 3 is 3.00 bits per heavy atom. The highest BCUT2D eigenvalue weighted by atomic mass is 16.5. The van der Waals surface area contributed by atoms with Crippen LogP contribution in [0.4, 0.5) is 5.69 Å². The van der Waals surface area contributed by atoms with Crippen molar-refractivity contribution in [3.05, 3.63) is 24.1 Å². The number of carbonyl (C=O) groups is 1. The van der Waals surface area contributed by atoms with Crippen molar-refractivity contribution in [3.8, 4) is 17.2 Å². The van der Waals surface area contributed by atoms with Gasteiger partial charge in [0.25, 0.3) is 5.91 Å². The van der Waals surface area contributed by atoms with Crippen LogP contribution in [0, 0.1) is 0 Å². The third kappa shape index (κ3) is 1.93. The second kappa shape index (κ2) is 4.36. The number of benzene rings is 1. The van der Waals surface area contributed by atoms with Crippen LogP contribution in [0.3, 0.4) is 0 Å². The number of carbonyl (C=O) groups excluding carboxylic acids is 1. The van der Waals surface area contributed by atoms with E-state index in [4.69, 9.17) is 14.9 Å². The van der Waals surface area contributed by atoms with Crippen molar-refractivity contribution in [1.82, 2.24) is 10.2 Å². The van der Waals surface area contributed by atoms with Crippen molar-refractivity contribution in [3.63, 3.8) is 0 Å². The maximum atomic E-state index is 11.6. The zero-order valence-corrected chi connectivity index (χ0v) is 10.3. The van der Waals surface area contributed by atoms with Gasteiger partial charge < -0.3 is 19.8 Å². The van der Waals surface area contributed by atoms with Gasteiger partial charge >= 0.3 is 0 Å². The zero-order valence-electron chi connectivity index (χ0n) is 10.3. The van der Waals surface area contributed by atoms with Crippen LogP contribution in [0.15, 0.2) is 22.6 Å². The molecule has 0 fully saturated rings. The zero-order chi connectivity index (χ0) is 13.4. The van der Waals surface area contributed by atoms with Crippen LogP contribution in [-0.4, -0.2) is 29.8 Å². The molecule has 19 heavy (non-hydrogen) atoms. The molecule has 0 saturated heterocycles. The molecule has 1 aromatic heterocycles. The first-order valence-corrected chi connectivity index (χ1v) is 5.75. The largest absolute Gasteiger partial charge is 0.482 e. The maximum absolute atomic E-state index is 11.6. The summed E-state index contributed by atoms with van der Waals surface area (Å²) >= 11 is 0. The average molecular weight is 260 g/mol. The van der Waals surface area contributed by atoms with E-state index in [9.17, 15) is 4.79 Å². The quantitative estimate of drug-likeness (QED) is 0.847. The lowest BCUT2D eigenvalue weighted by atomic mass is 10.1. The molecule has 0 spiro atoms. The van der Waals surface area contributed by atoms with Crippen LogP contribution >= 0.6 is 0 Å². The highest BCUT2D eigenvalue weighted by Gasteiger charge is 2.23. The van der Waals surface area contributed by atoms with Gasteiger partial charge in [-0.15, -0.1) is 10.2 Å². The first kappa shape index (κ1) is 11.7. The van der Waals surface area contributed by atoms with Gasteiger partial charge in [-0.1, -0.05) is 0 Å². The lowest BCUT2D eigenvalue weighted by Crippen LogP contribution is -2.35. The van der Waals surface area contributed by atoms with Crippen molar-refractivity contribution >= 4 is 11.6 Å². The summed E-state index contributed by atoms with van der Waals surface area (Å²) in [6.07, 6.45) is 0. The minimum atomic E-state index is -0.0992. The van der Waals surface area contributed by atoms with E-state index in [1.807, 2.05) is 0 Å². The predicted octanol–water partition coefficient (Wildman–Crippen LogP) is 0.550. The minimum Gasteiger partial charge on any atom is -0.482 e. The van der Waals surface area contributed by atoms with E-state index >= 15 is 0 Å². The van der Waals surface area contributed by atoms with Crippen molar-refractivity contribution < 1.29 is 13.9 Å². The average Bonchev–Trinajstić information content (AvgIpc) is 2.92. The van der Waals surface area contributed by atoms with Gasteiger partial charge in [0.2, 0.25) is 11.8 Å². The molecule has 1 aliphatic heterocycles. The van der Waals surface area contributed by atoms with Crippen LogP contribution in [0.5, 0.6) is 5.75 Å². The molecule has 0 aliphatic carbocycles. The Bertz CT molecular complexity index is 638. The molecule has 1 amide bonds. The van der Waals surface area contributed by atoms with Crippen molar-refractivity contribution in [2.24, 2.45) is 5.73 Å². The van der Waals surface area contributed by atoms with E-state index in [2.05, 4.69) is 10.2 Å². The number of anilines is 1. The fraction of sp³-hybridized carbons (Fsp3) is 0.250. The van der Waals surface area contributed by atoms with E-state index in [-0.39, 0.29) is 19.1 Å². The Balaban J connectivity index is 2.03. The number of hydrogen-bond donors (Lipinski definition) is 1. The molecule has 0 unspecified atom stereocenters. The summed E-state index contributed by atoms with van der Waals surface area (Å²) in [5.41, 5.74) is 6.82. The molecule has 2 aromatic rings. The molecule has 0 bridgehead atoms. The molecule has 1 aliphatic rings. The van der Waals surface area contributed by atoms with Crippen molar-refractivity contribution in [1.29, 1.82) is 0 Å². The molecule has 0 atom stereocenters. The van der Waals surface area contributed by atoms with Gasteiger partial charge in [0.1, 0.15) is 5.75 Å². The molecule has 7 heteroatoms. The second-order valence-electron chi connectivity index (χ2n) is 4.13. The highest BCUT2D eigenvalue weighted by molar-refractivity contribution is 5.97. The Morgan fingerprint density at radius 2 is 2.26 bits per heavy atom. The number of nitrogens with zero attached hydrogens (tertiary/aromatic N) is 3. The minimum absolute atomic E-state index is 0.0563. The normalized spacial score (nSPS) is 14.2. The van der Waals surface area contributed by atoms with Crippen molar-refractivity contribution in [2.45, 2.75) is 6.54 Å². The van der Waals surface area contributed by atoms with Gasteiger partial charge in [-0.2, -0.15) is 0 Å². The number of aromatic nitrogens is 2. The molecular weight excluding hydrogens is 248 g/mol. The van der Waals surface area contributed by atoms with Crippen LogP contribution in [0.2, 0.25) is 0 Å². The standard InChI is InChI=1S/C12H12N4O3/c1-16-8-4-7(12-15-14-10(5-13)19-12)2-3-9(8)18-6-11(16)17/h2-4H,5-6,13H2,1H3. The summed E-state index contributed by atoms with van der Waals surface area (Å²) in [6.45, 7) is 0.250. The summed E-state index contributed by atoms with van der Waals surface area (Å²) in [6, 6.07) is 5.36. The Labute approximate surface area is 109 Å². The lowest BCUT2D eigenvalue weighted by molar-refractivity contribution is -0.120. The smallest absolute Gasteiger partial charge is 0.264 e. The molecule has 1 aromatic carbocycles. The first-order chi connectivity index (χ1) is 9.19. The van der Waals surface area contributed by atoms with E-state index < -0.39 is 0 Å². The van der Waals surface area contributed by atoms with Crippen LogP contribution in [0.1, 0.15) is 5.89 Å². The fourth-order valence-electron chi connectivity index (χ4n) is 1.86. The maximum Gasteiger partial charge on any atom is 0.264 e. The number of rotatable bonds is 2. The molecular formula is C12H12N4O3. The topological polar surface area (TPSA) is 94.5 Å². The first-order valence-electron chi connectivity index (χ1n) is 5.75. The van der Waals surface area contributed by atoms with Gasteiger partial charge in [0.05, 0.1) is 12.2 Å².